The van der Waals surface area contributed by atoms with Gasteiger partial charge >= 0.3 is 5.97 Å². The van der Waals surface area contributed by atoms with Crippen LogP contribution in [0.2, 0.25) is 0 Å². The van der Waals surface area contributed by atoms with Crippen LogP contribution in [0.3, 0.4) is 0 Å². The van der Waals surface area contributed by atoms with Gasteiger partial charge in [-0.1, -0.05) is 36.4 Å². The van der Waals surface area contributed by atoms with E-state index in [9.17, 15) is 9.59 Å². The van der Waals surface area contributed by atoms with Gasteiger partial charge in [0.2, 0.25) is 5.91 Å². The Labute approximate surface area is 167 Å². The van der Waals surface area contributed by atoms with Crippen LogP contribution in [0.1, 0.15) is 22.3 Å². The number of anilines is 1. The molecule has 1 N–H and O–H groups in total. The van der Waals surface area contributed by atoms with Crippen LogP contribution in [0, 0.1) is 0 Å². The molecule has 0 spiro atoms. The van der Waals surface area contributed by atoms with Crippen LogP contribution >= 0.6 is 11.3 Å². The van der Waals surface area contributed by atoms with Gasteiger partial charge in [0.05, 0.1) is 25.5 Å². The van der Waals surface area contributed by atoms with Crippen molar-refractivity contribution in [2.75, 3.05) is 19.5 Å². The topological polar surface area (TPSA) is 64.6 Å². The molecule has 0 fully saturated rings. The second-order valence-electron chi connectivity index (χ2n) is 6.17. The molecule has 1 aromatic heterocycles. The van der Waals surface area contributed by atoms with E-state index in [0.717, 1.165) is 22.4 Å². The van der Waals surface area contributed by atoms with Crippen LogP contribution in [-0.4, -0.2) is 26.1 Å². The van der Waals surface area contributed by atoms with E-state index in [2.05, 4.69) is 5.32 Å². The second-order valence-corrected chi connectivity index (χ2v) is 6.91. The van der Waals surface area contributed by atoms with Crippen LogP contribution in [-0.2, 0) is 16.0 Å². The van der Waals surface area contributed by atoms with E-state index < -0.39 is 5.97 Å². The molecular formula is C22H21NO4S. The van der Waals surface area contributed by atoms with Gasteiger partial charge in [0, 0.05) is 17.2 Å². The quantitative estimate of drug-likeness (QED) is 0.585. The van der Waals surface area contributed by atoms with E-state index in [4.69, 9.17) is 9.47 Å². The molecule has 0 unspecified atom stereocenters. The number of ether oxygens (including phenoxy) is 2. The van der Waals surface area contributed by atoms with E-state index in [1.165, 1.54) is 18.4 Å². The van der Waals surface area contributed by atoms with Gasteiger partial charge in [0.1, 0.15) is 5.75 Å². The van der Waals surface area contributed by atoms with Crippen molar-refractivity contribution < 1.29 is 19.1 Å². The predicted molar refractivity (Wildman–Crippen MR) is 111 cm³/mol. The predicted octanol–water partition coefficient (Wildman–Crippen LogP) is 4.78. The lowest BCUT2D eigenvalue weighted by Gasteiger charge is -2.08. The van der Waals surface area contributed by atoms with E-state index in [1.807, 2.05) is 48.5 Å². The summed E-state index contributed by atoms with van der Waals surface area (Å²) in [5.74, 6) is 0.225. The Bertz CT molecular complexity index is 963. The van der Waals surface area contributed by atoms with Crippen molar-refractivity contribution in [3.63, 3.8) is 0 Å². The summed E-state index contributed by atoms with van der Waals surface area (Å²) in [5.41, 5.74) is 4.11. The molecule has 0 saturated heterocycles. The second kappa shape index (κ2) is 9.19. The van der Waals surface area contributed by atoms with Gasteiger partial charge in [-0.15, -0.1) is 11.3 Å². The first-order valence-electron chi connectivity index (χ1n) is 8.78. The van der Waals surface area contributed by atoms with E-state index in [0.29, 0.717) is 24.1 Å². The van der Waals surface area contributed by atoms with E-state index in [1.54, 1.807) is 17.9 Å². The summed E-state index contributed by atoms with van der Waals surface area (Å²) >= 11 is 1.34. The fourth-order valence-corrected chi connectivity index (χ4v) is 3.55. The maximum Gasteiger partial charge on any atom is 0.340 e. The molecule has 144 valence electrons. The molecule has 0 bridgehead atoms. The van der Waals surface area contributed by atoms with Crippen LogP contribution < -0.4 is 10.1 Å². The zero-order valence-corrected chi connectivity index (χ0v) is 16.5. The highest BCUT2D eigenvalue weighted by Gasteiger charge is 2.15. The number of carbonyl (C=O) groups excluding carboxylic acids is 2. The minimum absolute atomic E-state index is 0.138. The van der Waals surface area contributed by atoms with Crippen molar-refractivity contribution in [2.45, 2.75) is 12.8 Å². The molecule has 0 aliphatic rings. The van der Waals surface area contributed by atoms with Crippen molar-refractivity contribution in [1.82, 2.24) is 0 Å². The van der Waals surface area contributed by atoms with Crippen LogP contribution in [0.25, 0.3) is 11.1 Å². The van der Waals surface area contributed by atoms with Gasteiger partial charge < -0.3 is 14.8 Å². The largest absolute Gasteiger partial charge is 0.497 e. The number of carbonyl (C=O) groups is 2. The Morgan fingerprint density at radius 1 is 1.00 bits per heavy atom. The summed E-state index contributed by atoms with van der Waals surface area (Å²) in [5, 5.41) is 6.18. The zero-order chi connectivity index (χ0) is 19.9. The average molecular weight is 395 g/mol. The number of rotatable bonds is 7. The number of esters is 1. The molecule has 0 aliphatic carbocycles. The monoisotopic (exact) mass is 395 g/mol. The molecule has 6 heteroatoms. The molecule has 0 saturated carbocycles. The number of thiophene rings is 1. The summed E-state index contributed by atoms with van der Waals surface area (Å²) in [6, 6.07) is 16.0. The minimum Gasteiger partial charge on any atom is -0.497 e. The lowest BCUT2D eigenvalue weighted by molar-refractivity contribution is -0.116. The Balaban J connectivity index is 1.58. The molecule has 0 radical (unpaired) electrons. The summed E-state index contributed by atoms with van der Waals surface area (Å²) in [6.07, 6.45) is 0.941. The lowest BCUT2D eigenvalue weighted by Crippen LogP contribution is -2.14. The zero-order valence-electron chi connectivity index (χ0n) is 15.7. The number of hydrogen-bond donors (Lipinski definition) is 1. The molecule has 28 heavy (non-hydrogen) atoms. The molecule has 3 aromatic rings. The summed E-state index contributed by atoms with van der Waals surface area (Å²) in [6.45, 7) is 0. The Hall–Kier alpha value is -3.12. The third-order valence-corrected chi connectivity index (χ3v) is 5.08. The highest BCUT2D eigenvalue weighted by atomic mass is 32.1. The third-order valence-electron chi connectivity index (χ3n) is 4.34. The number of methoxy groups -OCH3 is 2. The van der Waals surface area contributed by atoms with Crippen molar-refractivity contribution in [3.05, 3.63) is 70.4 Å². The molecule has 0 aliphatic heterocycles. The molecule has 5 nitrogen and oxygen atoms in total. The number of aryl methyl sites for hydroxylation is 1. The number of nitrogens with one attached hydrogen (secondary N) is 1. The fraction of sp³-hybridized carbons (Fsp3) is 0.182. The van der Waals surface area contributed by atoms with Gasteiger partial charge in [-0.05, 0) is 35.2 Å². The first-order valence-corrected chi connectivity index (χ1v) is 9.72. The van der Waals surface area contributed by atoms with Crippen LogP contribution in [0.15, 0.2) is 59.3 Å². The molecule has 1 heterocycles. The smallest absolute Gasteiger partial charge is 0.340 e. The normalized spacial score (nSPS) is 10.4. The maximum absolute atomic E-state index is 12.2. The summed E-state index contributed by atoms with van der Waals surface area (Å²) < 4.78 is 9.98. The number of benzene rings is 2. The summed E-state index contributed by atoms with van der Waals surface area (Å²) in [4.78, 5) is 23.9. The SMILES string of the molecule is COC(=O)c1cscc1NC(=O)CCc1ccc(-c2cccc(OC)c2)cc1. The van der Waals surface area contributed by atoms with Gasteiger partial charge in [-0.25, -0.2) is 4.79 Å². The first kappa shape index (κ1) is 19.6. The van der Waals surface area contributed by atoms with Gasteiger partial charge in [0.15, 0.2) is 0 Å². The molecule has 2 aromatic carbocycles. The highest BCUT2D eigenvalue weighted by Crippen LogP contribution is 2.25. The first-order chi connectivity index (χ1) is 13.6. The molecule has 1 amide bonds. The number of amides is 1. The Kier molecular flexibility index (Phi) is 6.45. The Morgan fingerprint density at radius 2 is 1.79 bits per heavy atom. The average Bonchev–Trinajstić information content (AvgIpc) is 3.20. The van der Waals surface area contributed by atoms with Crippen molar-refractivity contribution in [1.29, 1.82) is 0 Å². The molecule has 3 rings (SSSR count). The van der Waals surface area contributed by atoms with Crippen molar-refractivity contribution in [3.8, 4) is 16.9 Å². The minimum atomic E-state index is -0.454. The standard InChI is InChI=1S/C22H21NO4S/c1-26-18-5-3-4-17(12-18)16-9-6-15(7-10-16)8-11-21(24)23-20-14-28-13-19(20)22(25)27-2/h3-7,9-10,12-14H,8,11H2,1-2H3,(H,23,24). The van der Waals surface area contributed by atoms with Crippen molar-refractivity contribution in [2.24, 2.45) is 0 Å². The van der Waals surface area contributed by atoms with Crippen molar-refractivity contribution >= 4 is 28.9 Å². The van der Waals surface area contributed by atoms with Crippen LogP contribution in [0.5, 0.6) is 5.75 Å². The van der Waals surface area contributed by atoms with E-state index in [-0.39, 0.29) is 5.91 Å². The molecular weight excluding hydrogens is 374 g/mol. The molecule has 0 atom stereocenters. The lowest BCUT2D eigenvalue weighted by atomic mass is 10.0. The third kappa shape index (κ3) is 4.78. The van der Waals surface area contributed by atoms with Gasteiger partial charge in [-0.3, -0.25) is 4.79 Å². The summed E-state index contributed by atoms with van der Waals surface area (Å²) in [7, 11) is 2.97. The van der Waals surface area contributed by atoms with E-state index >= 15 is 0 Å². The fourth-order valence-electron chi connectivity index (χ4n) is 2.80. The Morgan fingerprint density at radius 3 is 2.50 bits per heavy atom. The van der Waals surface area contributed by atoms with Crippen LogP contribution in [0.4, 0.5) is 5.69 Å². The maximum atomic E-state index is 12.2. The van der Waals surface area contributed by atoms with Gasteiger partial charge in [-0.2, -0.15) is 0 Å². The number of hydrogen-bond acceptors (Lipinski definition) is 5. The highest BCUT2D eigenvalue weighted by molar-refractivity contribution is 7.08. The van der Waals surface area contributed by atoms with Gasteiger partial charge in [0.25, 0.3) is 0 Å².